The summed E-state index contributed by atoms with van der Waals surface area (Å²) in [5, 5.41) is 3.74. The molecule has 3 atom stereocenters. The molecule has 1 fully saturated rings. The van der Waals surface area contributed by atoms with Crippen LogP contribution in [0.2, 0.25) is 0 Å². The van der Waals surface area contributed by atoms with Crippen molar-refractivity contribution < 1.29 is 0 Å². The third-order valence-corrected chi connectivity index (χ3v) is 4.63. The molecular weight excluding hydrogens is 218 g/mol. The van der Waals surface area contributed by atoms with Crippen LogP contribution in [-0.4, -0.2) is 6.54 Å². The van der Waals surface area contributed by atoms with Crippen LogP contribution in [0, 0.1) is 18.8 Å². The number of benzene rings is 1. The summed E-state index contributed by atoms with van der Waals surface area (Å²) in [6.07, 6.45) is 5.69. The standard InChI is InChI=1S/C17H27N/c1-13-8-4-6-10-16(13)12-18-15(3)17-11-7-5-9-14(17)2/h5,7,9,11,13,15-16,18H,4,6,8,10,12H2,1-3H3. The molecule has 0 amide bonds. The van der Waals surface area contributed by atoms with Crippen molar-refractivity contribution in [3.05, 3.63) is 35.4 Å². The van der Waals surface area contributed by atoms with Crippen molar-refractivity contribution in [2.24, 2.45) is 11.8 Å². The first-order valence-electron chi connectivity index (χ1n) is 7.47. The Bertz CT molecular complexity index is 372. The van der Waals surface area contributed by atoms with Crippen molar-refractivity contribution in [3.8, 4) is 0 Å². The van der Waals surface area contributed by atoms with Gasteiger partial charge in [0, 0.05) is 6.04 Å². The summed E-state index contributed by atoms with van der Waals surface area (Å²) in [4.78, 5) is 0. The largest absolute Gasteiger partial charge is 0.310 e. The molecule has 1 N–H and O–H groups in total. The Kier molecular flexibility index (Phi) is 4.82. The van der Waals surface area contributed by atoms with Gasteiger partial charge in [0.15, 0.2) is 0 Å². The first kappa shape index (κ1) is 13.6. The SMILES string of the molecule is Cc1ccccc1C(C)NCC1CCCCC1C. The maximum atomic E-state index is 3.74. The summed E-state index contributed by atoms with van der Waals surface area (Å²) in [6.45, 7) is 8.09. The minimum absolute atomic E-state index is 0.473. The van der Waals surface area contributed by atoms with Crippen LogP contribution >= 0.6 is 0 Å². The molecule has 1 nitrogen and oxygen atoms in total. The lowest BCUT2D eigenvalue weighted by molar-refractivity contribution is 0.242. The molecule has 1 aliphatic carbocycles. The Balaban J connectivity index is 1.88. The van der Waals surface area contributed by atoms with Crippen molar-refractivity contribution in [3.63, 3.8) is 0 Å². The van der Waals surface area contributed by atoms with Crippen LogP contribution in [0.5, 0.6) is 0 Å². The van der Waals surface area contributed by atoms with Gasteiger partial charge in [0.2, 0.25) is 0 Å². The molecule has 0 aliphatic heterocycles. The van der Waals surface area contributed by atoms with E-state index in [0.29, 0.717) is 6.04 Å². The number of hydrogen-bond acceptors (Lipinski definition) is 1. The van der Waals surface area contributed by atoms with Crippen molar-refractivity contribution >= 4 is 0 Å². The number of rotatable bonds is 4. The molecule has 0 heterocycles. The second kappa shape index (κ2) is 6.38. The quantitative estimate of drug-likeness (QED) is 0.825. The highest BCUT2D eigenvalue weighted by Gasteiger charge is 2.21. The highest BCUT2D eigenvalue weighted by Crippen LogP contribution is 2.29. The van der Waals surface area contributed by atoms with Gasteiger partial charge in [-0.1, -0.05) is 50.5 Å². The summed E-state index contributed by atoms with van der Waals surface area (Å²) < 4.78 is 0. The van der Waals surface area contributed by atoms with E-state index in [0.717, 1.165) is 11.8 Å². The Hall–Kier alpha value is -0.820. The molecule has 0 aromatic heterocycles. The fourth-order valence-electron chi connectivity index (χ4n) is 3.21. The van der Waals surface area contributed by atoms with Gasteiger partial charge in [0.1, 0.15) is 0 Å². The van der Waals surface area contributed by atoms with Crippen LogP contribution in [0.25, 0.3) is 0 Å². The van der Waals surface area contributed by atoms with Gasteiger partial charge < -0.3 is 5.32 Å². The Morgan fingerprint density at radius 2 is 1.94 bits per heavy atom. The molecule has 1 aliphatic rings. The zero-order chi connectivity index (χ0) is 13.0. The molecular formula is C17H27N. The minimum atomic E-state index is 0.473. The van der Waals surface area contributed by atoms with E-state index < -0.39 is 0 Å². The first-order valence-corrected chi connectivity index (χ1v) is 7.47. The third kappa shape index (κ3) is 3.35. The van der Waals surface area contributed by atoms with E-state index in [1.807, 2.05) is 0 Å². The highest BCUT2D eigenvalue weighted by molar-refractivity contribution is 5.28. The number of nitrogens with one attached hydrogen (secondary N) is 1. The molecule has 0 saturated heterocycles. The molecule has 18 heavy (non-hydrogen) atoms. The Morgan fingerprint density at radius 1 is 1.22 bits per heavy atom. The van der Waals surface area contributed by atoms with E-state index in [2.05, 4.69) is 50.4 Å². The fourth-order valence-corrected chi connectivity index (χ4v) is 3.21. The lowest BCUT2D eigenvalue weighted by Gasteiger charge is -2.30. The molecule has 0 bridgehead atoms. The van der Waals surface area contributed by atoms with E-state index in [4.69, 9.17) is 0 Å². The van der Waals surface area contributed by atoms with Gasteiger partial charge in [0.05, 0.1) is 0 Å². The smallest absolute Gasteiger partial charge is 0.0294 e. The van der Waals surface area contributed by atoms with Crippen LogP contribution in [0.4, 0.5) is 0 Å². The van der Waals surface area contributed by atoms with E-state index >= 15 is 0 Å². The van der Waals surface area contributed by atoms with Crippen LogP contribution < -0.4 is 5.32 Å². The van der Waals surface area contributed by atoms with Crippen molar-refractivity contribution in [1.82, 2.24) is 5.32 Å². The van der Waals surface area contributed by atoms with Crippen molar-refractivity contribution in [2.75, 3.05) is 6.54 Å². The number of hydrogen-bond donors (Lipinski definition) is 1. The molecule has 1 aromatic carbocycles. The maximum absolute atomic E-state index is 3.74. The van der Waals surface area contributed by atoms with E-state index in [9.17, 15) is 0 Å². The zero-order valence-corrected chi connectivity index (χ0v) is 12.1. The van der Waals surface area contributed by atoms with Gasteiger partial charge in [-0.05, 0) is 49.8 Å². The summed E-state index contributed by atoms with van der Waals surface area (Å²) in [6, 6.07) is 9.19. The van der Waals surface area contributed by atoms with E-state index in [-0.39, 0.29) is 0 Å². The van der Waals surface area contributed by atoms with E-state index in [1.165, 1.54) is 43.4 Å². The van der Waals surface area contributed by atoms with Gasteiger partial charge >= 0.3 is 0 Å². The molecule has 1 heteroatoms. The van der Waals surface area contributed by atoms with Crippen LogP contribution in [0.15, 0.2) is 24.3 Å². The molecule has 1 saturated carbocycles. The molecule has 1 aromatic rings. The molecule has 3 unspecified atom stereocenters. The van der Waals surface area contributed by atoms with Gasteiger partial charge in [-0.2, -0.15) is 0 Å². The minimum Gasteiger partial charge on any atom is -0.310 e. The maximum Gasteiger partial charge on any atom is 0.0294 e. The van der Waals surface area contributed by atoms with Crippen molar-refractivity contribution in [2.45, 2.75) is 52.5 Å². The summed E-state index contributed by atoms with van der Waals surface area (Å²) in [7, 11) is 0. The number of aryl methyl sites for hydroxylation is 1. The second-order valence-electron chi connectivity index (χ2n) is 6.01. The van der Waals surface area contributed by atoms with E-state index in [1.54, 1.807) is 0 Å². The molecule has 0 radical (unpaired) electrons. The first-order chi connectivity index (χ1) is 8.68. The third-order valence-electron chi connectivity index (χ3n) is 4.63. The Morgan fingerprint density at radius 3 is 2.67 bits per heavy atom. The second-order valence-corrected chi connectivity index (χ2v) is 6.01. The average Bonchev–Trinajstić information content (AvgIpc) is 2.38. The molecule has 0 spiro atoms. The zero-order valence-electron chi connectivity index (χ0n) is 12.1. The predicted molar refractivity (Wildman–Crippen MR) is 78.7 cm³/mol. The highest BCUT2D eigenvalue weighted by atomic mass is 14.9. The van der Waals surface area contributed by atoms with Crippen LogP contribution in [0.1, 0.15) is 56.7 Å². The van der Waals surface area contributed by atoms with Crippen molar-refractivity contribution in [1.29, 1.82) is 0 Å². The topological polar surface area (TPSA) is 12.0 Å². The Labute approximate surface area is 112 Å². The van der Waals surface area contributed by atoms with Gasteiger partial charge in [-0.25, -0.2) is 0 Å². The fraction of sp³-hybridized carbons (Fsp3) is 0.647. The summed E-state index contributed by atoms with van der Waals surface area (Å²) >= 11 is 0. The molecule has 100 valence electrons. The van der Waals surface area contributed by atoms with Gasteiger partial charge in [0.25, 0.3) is 0 Å². The predicted octanol–water partition coefficient (Wildman–Crippen LogP) is 4.47. The van der Waals surface area contributed by atoms with Crippen LogP contribution in [-0.2, 0) is 0 Å². The summed E-state index contributed by atoms with van der Waals surface area (Å²) in [5.74, 6) is 1.78. The van der Waals surface area contributed by atoms with Gasteiger partial charge in [-0.15, -0.1) is 0 Å². The average molecular weight is 245 g/mol. The molecule has 2 rings (SSSR count). The van der Waals surface area contributed by atoms with Gasteiger partial charge in [-0.3, -0.25) is 0 Å². The van der Waals surface area contributed by atoms with Crippen LogP contribution in [0.3, 0.4) is 0 Å². The lowest BCUT2D eigenvalue weighted by Crippen LogP contribution is -2.31. The monoisotopic (exact) mass is 245 g/mol. The lowest BCUT2D eigenvalue weighted by atomic mass is 9.80. The normalized spacial score (nSPS) is 25.9. The summed E-state index contributed by atoms with van der Waals surface area (Å²) in [5.41, 5.74) is 2.84.